The van der Waals surface area contributed by atoms with Gasteiger partial charge in [-0.25, -0.2) is 4.98 Å². The summed E-state index contributed by atoms with van der Waals surface area (Å²) in [7, 11) is 0. The fourth-order valence-corrected chi connectivity index (χ4v) is 3.45. The number of nitrogens with one attached hydrogen (secondary N) is 1. The number of fused-ring (bicyclic) bond motifs is 1. The Labute approximate surface area is 149 Å². The van der Waals surface area contributed by atoms with Crippen LogP contribution in [0.25, 0.3) is 11.4 Å². The van der Waals surface area contributed by atoms with Crippen molar-refractivity contribution in [3.63, 3.8) is 0 Å². The van der Waals surface area contributed by atoms with Gasteiger partial charge in [-0.2, -0.15) is 0 Å². The Morgan fingerprint density at radius 3 is 2.42 bits per heavy atom. The van der Waals surface area contributed by atoms with Crippen molar-refractivity contribution in [2.75, 3.05) is 19.6 Å². The number of hydrogen-bond acceptors (Lipinski definition) is 5. The van der Waals surface area contributed by atoms with Crippen molar-refractivity contribution >= 4 is 11.8 Å². The third-order valence-electron chi connectivity index (χ3n) is 4.89. The molecular formula is C18H19N5O3. The Kier molecular flexibility index (Phi) is 4.24. The van der Waals surface area contributed by atoms with E-state index >= 15 is 0 Å². The van der Waals surface area contributed by atoms with Crippen molar-refractivity contribution in [2.24, 2.45) is 0 Å². The Hall–Kier alpha value is -3.03. The Bertz CT molecular complexity index is 903. The predicted molar refractivity (Wildman–Crippen MR) is 93.0 cm³/mol. The number of likely N-dealkylation sites (tertiary alicyclic amines) is 1. The van der Waals surface area contributed by atoms with Gasteiger partial charge in [-0.15, -0.1) is 0 Å². The van der Waals surface area contributed by atoms with Gasteiger partial charge in [0.25, 0.3) is 5.56 Å². The first-order valence-electron chi connectivity index (χ1n) is 8.74. The number of aromatic nitrogens is 3. The van der Waals surface area contributed by atoms with Crippen molar-refractivity contribution in [3.05, 3.63) is 46.1 Å². The van der Waals surface area contributed by atoms with Crippen molar-refractivity contribution in [1.82, 2.24) is 24.8 Å². The molecule has 26 heavy (non-hydrogen) atoms. The van der Waals surface area contributed by atoms with Crippen LogP contribution in [0.5, 0.6) is 0 Å². The van der Waals surface area contributed by atoms with Crippen LogP contribution in [-0.2, 0) is 22.6 Å². The molecule has 0 atom stereocenters. The van der Waals surface area contributed by atoms with Gasteiger partial charge in [0.1, 0.15) is 5.82 Å². The second-order valence-corrected chi connectivity index (χ2v) is 6.55. The van der Waals surface area contributed by atoms with Crippen molar-refractivity contribution in [1.29, 1.82) is 0 Å². The van der Waals surface area contributed by atoms with Crippen LogP contribution in [-0.4, -0.2) is 56.2 Å². The maximum Gasteiger partial charge on any atom is 0.312 e. The summed E-state index contributed by atoms with van der Waals surface area (Å²) in [6, 6.07) is 3.51. The van der Waals surface area contributed by atoms with E-state index in [2.05, 4.69) is 15.0 Å². The molecule has 2 aromatic heterocycles. The summed E-state index contributed by atoms with van der Waals surface area (Å²) in [6.45, 7) is 1.80. The first-order chi connectivity index (χ1) is 12.6. The van der Waals surface area contributed by atoms with Crippen molar-refractivity contribution in [3.8, 4) is 11.4 Å². The zero-order valence-corrected chi connectivity index (χ0v) is 14.3. The third-order valence-corrected chi connectivity index (χ3v) is 4.89. The van der Waals surface area contributed by atoms with Crippen LogP contribution in [0.1, 0.15) is 24.1 Å². The molecule has 0 unspecified atom stereocenters. The highest BCUT2D eigenvalue weighted by molar-refractivity contribution is 6.34. The molecule has 2 aromatic rings. The fourth-order valence-electron chi connectivity index (χ4n) is 3.45. The second kappa shape index (κ2) is 6.70. The molecule has 0 aromatic carbocycles. The predicted octanol–water partition coefficient (Wildman–Crippen LogP) is 0.339. The van der Waals surface area contributed by atoms with E-state index < -0.39 is 11.8 Å². The lowest BCUT2D eigenvalue weighted by molar-refractivity contribution is -0.151. The zero-order chi connectivity index (χ0) is 18.1. The first kappa shape index (κ1) is 16.4. The molecule has 2 amide bonds. The van der Waals surface area contributed by atoms with Crippen LogP contribution in [0.2, 0.25) is 0 Å². The topological polar surface area (TPSA) is 99.3 Å². The quantitative estimate of drug-likeness (QED) is 0.745. The highest BCUT2D eigenvalue weighted by Crippen LogP contribution is 2.19. The molecule has 2 aliphatic heterocycles. The molecule has 0 saturated carbocycles. The molecule has 0 bridgehead atoms. The van der Waals surface area contributed by atoms with Crippen molar-refractivity contribution in [2.45, 2.75) is 25.8 Å². The third kappa shape index (κ3) is 2.98. The lowest BCUT2D eigenvalue weighted by atomic mass is 10.1. The van der Waals surface area contributed by atoms with Crippen LogP contribution < -0.4 is 5.56 Å². The van der Waals surface area contributed by atoms with E-state index in [-0.39, 0.29) is 12.1 Å². The number of hydrogen-bond donors (Lipinski definition) is 1. The van der Waals surface area contributed by atoms with Gasteiger partial charge in [-0.1, -0.05) is 0 Å². The molecule has 8 heteroatoms. The minimum Gasteiger partial charge on any atom is -0.334 e. The Morgan fingerprint density at radius 2 is 1.69 bits per heavy atom. The molecule has 134 valence electrons. The number of nitrogens with zero attached hydrogens (tertiary/aromatic N) is 4. The number of aromatic amines is 1. The fraction of sp³-hybridized carbons (Fsp3) is 0.389. The van der Waals surface area contributed by atoms with E-state index in [0.717, 1.165) is 18.4 Å². The number of amides is 2. The molecular weight excluding hydrogens is 334 g/mol. The minimum atomic E-state index is -0.509. The number of pyridine rings is 1. The standard InChI is InChI=1S/C18H19N5O3/c24-16-13-5-10-23(18(26)17(25)22-8-1-2-9-22)11-14(13)20-15(21-16)12-3-6-19-7-4-12/h3-4,6-7H,1-2,5,8-11H2,(H,20,21,24). The first-order valence-corrected chi connectivity index (χ1v) is 8.74. The van der Waals surface area contributed by atoms with Gasteiger partial charge in [-0.3, -0.25) is 19.4 Å². The van der Waals surface area contributed by atoms with Gasteiger partial charge < -0.3 is 14.8 Å². The average Bonchev–Trinajstić information content (AvgIpc) is 3.22. The normalized spacial score (nSPS) is 16.5. The van der Waals surface area contributed by atoms with Gasteiger partial charge in [0.15, 0.2) is 0 Å². The number of rotatable bonds is 1. The number of carbonyl (C=O) groups excluding carboxylic acids is 2. The largest absolute Gasteiger partial charge is 0.334 e. The van der Waals surface area contributed by atoms with Crippen LogP contribution in [0.3, 0.4) is 0 Å². The molecule has 1 fully saturated rings. The van der Waals surface area contributed by atoms with E-state index in [1.807, 2.05) is 0 Å². The van der Waals surface area contributed by atoms with E-state index in [1.54, 1.807) is 29.4 Å². The van der Waals surface area contributed by atoms with E-state index in [1.165, 1.54) is 4.90 Å². The summed E-state index contributed by atoms with van der Waals surface area (Å²) in [5, 5.41) is 0. The zero-order valence-electron chi connectivity index (χ0n) is 14.3. The molecule has 4 heterocycles. The Morgan fingerprint density at radius 1 is 1.00 bits per heavy atom. The maximum absolute atomic E-state index is 12.5. The lowest BCUT2D eigenvalue weighted by Crippen LogP contribution is -2.47. The molecule has 0 aliphatic carbocycles. The molecule has 8 nitrogen and oxygen atoms in total. The lowest BCUT2D eigenvalue weighted by Gasteiger charge is -2.28. The minimum absolute atomic E-state index is 0.176. The van der Waals surface area contributed by atoms with E-state index in [9.17, 15) is 14.4 Å². The summed E-state index contributed by atoms with van der Waals surface area (Å²) < 4.78 is 0. The van der Waals surface area contributed by atoms with Gasteiger partial charge in [0, 0.05) is 43.2 Å². The molecule has 4 rings (SSSR count). The monoisotopic (exact) mass is 353 g/mol. The summed E-state index contributed by atoms with van der Waals surface area (Å²) in [5.74, 6) is -0.522. The average molecular weight is 353 g/mol. The van der Waals surface area contributed by atoms with Crippen LogP contribution in [0.15, 0.2) is 29.3 Å². The SMILES string of the molecule is O=C(C(=O)N1CCc2c(nc(-c3ccncc3)[nH]c2=O)C1)N1CCCC1. The van der Waals surface area contributed by atoms with Crippen LogP contribution in [0.4, 0.5) is 0 Å². The van der Waals surface area contributed by atoms with Gasteiger partial charge in [-0.05, 0) is 31.4 Å². The van der Waals surface area contributed by atoms with Crippen molar-refractivity contribution < 1.29 is 9.59 Å². The number of carbonyl (C=O) groups is 2. The molecule has 1 saturated heterocycles. The highest BCUT2D eigenvalue weighted by Gasteiger charge is 2.32. The van der Waals surface area contributed by atoms with E-state index in [0.29, 0.717) is 43.1 Å². The van der Waals surface area contributed by atoms with Crippen LogP contribution >= 0.6 is 0 Å². The Balaban J connectivity index is 1.59. The second-order valence-electron chi connectivity index (χ2n) is 6.55. The molecule has 0 radical (unpaired) electrons. The summed E-state index contributed by atoms with van der Waals surface area (Å²) in [6.07, 6.45) is 5.52. The molecule has 1 N–H and O–H groups in total. The smallest absolute Gasteiger partial charge is 0.312 e. The summed E-state index contributed by atoms with van der Waals surface area (Å²) in [4.78, 5) is 51.7. The molecule has 0 spiro atoms. The van der Waals surface area contributed by atoms with Gasteiger partial charge in [0.2, 0.25) is 0 Å². The summed E-state index contributed by atoms with van der Waals surface area (Å²) >= 11 is 0. The summed E-state index contributed by atoms with van der Waals surface area (Å²) in [5.41, 5.74) is 1.69. The van der Waals surface area contributed by atoms with E-state index in [4.69, 9.17) is 0 Å². The van der Waals surface area contributed by atoms with Crippen LogP contribution in [0, 0.1) is 0 Å². The maximum atomic E-state index is 12.5. The van der Waals surface area contributed by atoms with Gasteiger partial charge in [0.05, 0.1) is 12.2 Å². The number of H-pyrrole nitrogens is 1. The molecule has 2 aliphatic rings. The van der Waals surface area contributed by atoms with Gasteiger partial charge >= 0.3 is 11.8 Å². The highest BCUT2D eigenvalue weighted by atomic mass is 16.2.